The summed E-state index contributed by atoms with van der Waals surface area (Å²) in [6.45, 7) is 3.05. The van der Waals surface area contributed by atoms with Crippen molar-refractivity contribution in [3.8, 4) is 0 Å². The summed E-state index contributed by atoms with van der Waals surface area (Å²) in [4.78, 5) is 0. The van der Waals surface area contributed by atoms with Gasteiger partial charge in [0.15, 0.2) is 0 Å². The zero-order chi connectivity index (χ0) is 9.23. The lowest BCUT2D eigenvalue weighted by molar-refractivity contribution is 0.00356. The van der Waals surface area contributed by atoms with Gasteiger partial charge in [-0.1, -0.05) is 13.3 Å². The molecule has 0 saturated heterocycles. The van der Waals surface area contributed by atoms with Crippen molar-refractivity contribution in [3.05, 3.63) is 0 Å². The largest absolute Gasteiger partial charge is 0.396 e. The van der Waals surface area contributed by atoms with Gasteiger partial charge in [-0.3, -0.25) is 0 Å². The Morgan fingerprint density at radius 3 is 2.38 bits per heavy atom. The summed E-state index contributed by atoms with van der Waals surface area (Å²) in [5.41, 5.74) is 0. The molecule has 0 aliphatic rings. The normalized spacial score (nSPS) is 12.2. The summed E-state index contributed by atoms with van der Waals surface area (Å²) in [5.74, 6) is 0. The Morgan fingerprint density at radius 1 is 1.23 bits per heavy atom. The highest BCUT2D eigenvalue weighted by molar-refractivity contribution is 5.85. The Labute approximate surface area is 86.5 Å². The van der Waals surface area contributed by atoms with Gasteiger partial charge in [-0.2, -0.15) is 0 Å². The predicted molar refractivity (Wildman–Crippen MR) is 55.3 cm³/mol. The van der Waals surface area contributed by atoms with Crippen LogP contribution in [0.2, 0.25) is 0 Å². The Morgan fingerprint density at radius 2 is 1.92 bits per heavy atom. The third-order valence-corrected chi connectivity index (χ3v) is 1.74. The summed E-state index contributed by atoms with van der Waals surface area (Å²) in [6.07, 6.45) is 3.52. The maximum absolute atomic E-state index is 8.85. The van der Waals surface area contributed by atoms with Gasteiger partial charge in [0.05, 0.1) is 12.7 Å². The molecule has 0 bridgehead atoms. The molecule has 0 aliphatic carbocycles. The fraction of sp³-hybridized carbons (Fsp3) is 1.00. The van der Waals surface area contributed by atoms with E-state index in [0.29, 0.717) is 13.0 Å². The molecular formula is C9H21ClO3. The van der Waals surface area contributed by atoms with Gasteiger partial charge in [-0.05, 0) is 19.3 Å². The number of aliphatic hydroxyl groups excluding tert-OH is 2. The first kappa shape index (κ1) is 15.6. The van der Waals surface area contributed by atoms with Crippen molar-refractivity contribution in [1.29, 1.82) is 0 Å². The average molecular weight is 213 g/mol. The zero-order valence-electron chi connectivity index (χ0n) is 8.24. The highest BCUT2D eigenvalue weighted by Gasteiger charge is 2.05. The maximum Gasteiger partial charge on any atom is 0.0806 e. The van der Waals surface area contributed by atoms with E-state index in [1.807, 2.05) is 0 Å². The van der Waals surface area contributed by atoms with E-state index in [1.54, 1.807) is 0 Å². The fourth-order valence-corrected chi connectivity index (χ4v) is 0.941. The molecule has 13 heavy (non-hydrogen) atoms. The van der Waals surface area contributed by atoms with Gasteiger partial charge < -0.3 is 14.9 Å². The van der Waals surface area contributed by atoms with E-state index in [9.17, 15) is 0 Å². The molecule has 0 rings (SSSR count). The quantitative estimate of drug-likeness (QED) is 0.598. The second-order valence-corrected chi connectivity index (χ2v) is 2.89. The molecule has 0 fully saturated rings. The smallest absolute Gasteiger partial charge is 0.0806 e. The predicted octanol–water partition coefficient (Wildman–Crippen LogP) is 1.36. The zero-order valence-corrected chi connectivity index (χ0v) is 9.05. The van der Waals surface area contributed by atoms with Gasteiger partial charge in [-0.15, -0.1) is 12.4 Å². The van der Waals surface area contributed by atoms with Crippen LogP contribution in [0, 0.1) is 0 Å². The van der Waals surface area contributed by atoms with Gasteiger partial charge in [0.1, 0.15) is 0 Å². The van der Waals surface area contributed by atoms with Gasteiger partial charge >= 0.3 is 0 Å². The lowest BCUT2D eigenvalue weighted by atomic mass is 10.2. The number of aliphatic hydroxyl groups is 2. The highest BCUT2D eigenvalue weighted by Crippen LogP contribution is 2.02. The van der Waals surface area contributed by atoms with E-state index >= 15 is 0 Å². The topological polar surface area (TPSA) is 49.7 Å². The summed E-state index contributed by atoms with van der Waals surface area (Å²) < 4.78 is 5.37. The minimum absolute atomic E-state index is 0. The fourth-order valence-electron chi connectivity index (χ4n) is 0.941. The van der Waals surface area contributed by atoms with Crippen LogP contribution in [-0.2, 0) is 4.74 Å². The molecule has 82 valence electrons. The van der Waals surface area contributed by atoms with Crippen molar-refractivity contribution in [3.63, 3.8) is 0 Å². The SMILES string of the molecule is CCCCOC(CO)CCCO.Cl. The van der Waals surface area contributed by atoms with E-state index in [4.69, 9.17) is 14.9 Å². The summed E-state index contributed by atoms with van der Waals surface area (Å²) >= 11 is 0. The van der Waals surface area contributed by atoms with Crippen LogP contribution in [0.25, 0.3) is 0 Å². The number of unbranched alkanes of at least 4 members (excludes halogenated alkanes) is 1. The average Bonchev–Trinajstić information content (AvgIpc) is 2.11. The molecule has 3 nitrogen and oxygen atoms in total. The van der Waals surface area contributed by atoms with Crippen molar-refractivity contribution < 1.29 is 14.9 Å². The van der Waals surface area contributed by atoms with Gasteiger partial charge in [-0.25, -0.2) is 0 Å². The molecule has 0 radical (unpaired) electrons. The van der Waals surface area contributed by atoms with Gasteiger partial charge in [0.2, 0.25) is 0 Å². The van der Waals surface area contributed by atoms with Crippen LogP contribution in [0.4, 0.5) is 0 Å². The molecule has 0 amide bonds. The van der Waals surface area contributed by atoms with Crippen molar-refractivity contribution in [2.24, 2.45) is 0 Å². The Bertz CT molecular complexity index is 90.9. The molecule has 0 spiro atoms. The van der Waals surface area contributed by atoms with Crippen LogP contribution in [-0.4, -0.2) is 36.1 Å². The molecule has 1 unspecified atom stereocenters. The molecule has 4 heteroatoms. The number of halogens is 1. The molecule has 0 aromatic heterocycles. The summed E-state index contributed by atoms with van der Waals surface area (Å²) in [6, 6.07) is 0. The number of hydrogen-bond acceptors (Lipinski definition) is 3. The van der Waals surface area contributed by atoms with Crippen LogP contribution < -0.4 is 0 Å². The molecule has 2 N–H and O–H groups in total. The van der Waals surface area contributed by atoms with Crippen molar-refractivity contribution >= 4 is 12.4 Å². The van der Waals surface area contributed by atoms with Crippen LogP contribution in [0.15, 0.2) is 0 Å². The first-order valence-electron chi connectivity index (χ1n) is 4.68. The van der Waals surface area contributed by atoms with Crippen molar-refractivity contribution in [2.45, 2.75) is 38.7 Å². The van der Waals surface area contributed by atoms with Gasteiger partial charge in [0, 0.05) is 13.2 Å². The molecule has 0 aromatic rings. The van der Waals surface area contributed by atoms with E-state index in [0.717, 1.165) is 19.3 Å². The minimum Gasteiger partial charge on any atom is -0.396 e. The summed E-state index contributed by atoms with van der Waals surface area (Å²) in [7, 11) is 0. The standard InChI is InChI=1S/C9H20O3.ClH/c1-2-3-7-12-9(8-11)5-4-6-10;/h9-11H,2-8H2,1H3;1H. The van der Waals surface area contributed by atoms with Crippen LogP contribution in [0.5, 0.6) is 0 Å². The molecule has 1 atom stereocenters. The van der Waals surface area contributed by atoms with Crippen LogP contribution >= 0.6 is 12.4 Å². The van der Waals surface area contributed by atoms with E-state index < -0.39 is 0 Å². The summed E-state index contributed by atoms with van der Waals surface area (Å²) in [5, 5.41) is 17.4. The number of rotatable bonds is 8. The lowest BCUT2D eigenvalue weighted by Gasteiger charge is -2.14. The highest BCUT2D eigenvalue weighted by atomic mass is 35.5. The number of ether oxygens (including phenoxy) is 1. The first-order valence-corrected chi connectivity index (χ1v) is 4.68. The van der Waals surface area contributed by atoms with Crippen LogP contribution in [0.3, 0.4) is 0 Å². The Kier molecular flexibility index (Phi) is 14.6. The molecule has 0 heterocycles. The molecule has 0 aliphatic heterocycles. The lowest BCUT2D eigenvalue weighted by Crippen LogP contribution is -2.18. The van der Waals surface area contributed by atoms with Crippen LogP contribution in [0.1, 0.15) is 32.6 Å². The number of hydrogen-bond donors (Lipinski definition) is 2. The first-order chi connectivity index (χ1) is 5.85. The minimum atomic E-state index is -0.0799. The third-order valence-electron chi connectivity index (χ3n) is 1.74. The molecule has 0 aromatic carbocycles. The van der Waals surface area contributed by atoms with E-state index in [-0.39, 0.29) is 31.7 Å². The van der Waals surface area contributed by atoms with E-state index in [1.165, 1.54) is 0 Å². The second kappa shape index (κ2) is 12.2. The van der Waals surface area contributed by atoms with E-state index in [2.05, 4.69) is 6.92 Å². The molecule has 0 saturated carbocycles. The van der Waals surface area contributed by atoms with Crippen molar-refractivity contribution in [2.75, 3.05) is 19.8 Å². The molecular weight excluding hydrogens is 192 g/mol. The Balaban J connectivity index is 0. The Hall–Kier alpha value is 0.170. The maximum atomic E-state index is 8.85. The van der Waals surface area contributed by atoms with Gasteiger partial charge in [0.25, 0.3) is 0 Å². The third kappa shape index (κ3) is 10.1. The second-order valence-electron chi connectivity index (χ2n) is 2.89. The van der Waals surface area contributed by atoms with Crippen molar-refractivity contribution in [1.82, 2.24) is 0 Å². The monoisotopic (exact) mass is 212 g/mol.